The Bertz CT molecular complexity index is 396. The lowest BCUT2D eigenvalue weighted by atomic mass is 9.61. The standard InChI is InChI=1S/C10H14BNO4/c1-10(2)7-5-3-4-6-8(7)16-12(15)9(10)11(13)14/h3-6,9,12-14H,1-2H3. The summed E-state index contributed by atoms with van der Waals surface area (Å²) >= 11 is 0. The van der Waals surface area contributed by atoms with Crippen LogP contribution < -0.4 is 10.1 Å². The van der Waals surface area contributed by atoms with E-state index in [1.807, 2.05) is 12.1 Å². The van der Waals surface area contributed by atoms with E-state index < -0.39 is 23.7 Å². The summed E-state index contributed by atoms with van der Waals surface area (Å²) in [7, 11) is -1.71. The average molecular weight is 223 g/mol. The van der Waals surface area contributed by atoms with Crippen LogP contribution in [0, 0.1) is 5.21 Å². The first-order valence-corrected chi connectivity index (χ1v) is 5.12. The average Bonchev–Trinajstić information content (AvgIpc) is 2.15. The lowest BCUT2D eigenvalue weighted by molar-refractivity contribution is -1.04. The van der Waals surface area contributed by atoms with Crippen molar-refractivity contribution in [3.63, 3.8) is 0 Å². The number of benzene rings is 1. The molecule has 2 atom stereocenters. The number of quaternary nitrogens is 1. The Morgan fingerprint density at radius 3 is 2.62 bits per heavy atom. The summed E-state index contributed by atoms with van der Waals surface area (Å²) < 4.78 is 0. The van der Waals surface area contributed by atoms with Gasteiger partial charge in [0.1, 0.15) is 0 Å². The van der Waals surface area contributed by atoms with Crippen molar-refractivity contribution >= 4 is 7.12 Å². The Balaban J connectivity index is 2.51. The van der Waals surface area contributed by atoms with Gasteiger partial charge in [0.25, 0.3) is 0 Å². The van der Waals surface area contributed by atoms with Gasteiger partial charge in [0, 0.05) is 11.0 Å². The van der Waals surface area contributed by atoms with Crippen LogP contribution in [0.25, 0.3) is 0 Å². The fourth-order valence-corrected chi connectivity index (χ4v) is 2.22. The van der Waals surface area contributed by atoms with Crippen molar-refractivity contribution in [2.45, 2.75) is 25.2 Å². The van der Waals surface area contributed by atoms with Crippen LogP contribution >= 0.6 is 0 Å². The van der Waals surface area contributed by atoms with Gasteiger partial charge in [-0.3, -0.25) is 0 Å². The van der Waals surface area contributed by atoms with Crippen molar-refractivity contribution in [3.05, 3.63) is 35.0 Å². The van der Waals surface area contributed by atoms with Crippen LogP contribution in [0.1, 0.15) is 19.4 Å². The third-order valence-corrected chi connectivity index (χ3v) is 3.12. The quantitative estimate of drug-likeness (QED) is 0.423. The molecule has 0 fully saturated rings. The van der Waals surface area contributed by atoms with Crippen LogP contribution in [0.3, 0.4) is 0 Å². The molecule has 0 aliphatic carbocycles. The molecule has 2 unspecified atom stereocenters. The van der Waals surface area contributed by atoms with Gasteiger partial charge < -0.3 is 20.1 Å². The fraction of sp³-hybridized carbons (Fsp3) is 0.400. The molecular weight excluding hydrogens is 209 g/mol. The molecule has 0 bridgehead atoms. The van der Waals surface area contributed by atoms with E-state index in [1.54, 1.807) is 26.0 Å². The van der Waals surface area contributed by atoms with Crippen molar-refractivity contribution in [2.75, 3.05) is 0 Å². The molecule has 0 saturated carbocycles. The van der Waals surface area contributed by atoms with Gasteiger partial charge >= 0.3 is 7.12 Å². The Kier molecular flexibility index (Phi) is 2.67. The first-order chi connectivity index (χ1) is 7.44. The van der Waals surface area contributed by atoms with Gasteiger partial charge in [-0.25, -0.2) is 0 Å². The largest absolute Gasteiger partial charge is 0.591 e. The van der Waals surface area contributed by atoms with E-state index in [1.165, 1.54) is 0 Å². The lowest BCUT2D eigenvalue weighted by Crippen LogP contribution is -3.18. The van der Waals surface area contributed by atoms with Gasteiger partial charge in [-0.2, -0.15) is 5.23 Å². The number of hydrogen-bond acceptors (Lipinski definition) is 4. The van der Waals surface area contributed by atoms with Crippen LogP contribution in [0.4, 0.5) is 0 Å². The van der Waals surface area contributed by atoms with Crippen LogP contribution in [0.5, 0.6) is 5.75 Å². The zero-order valence-corrected chi connectivity index (χ0v) is 9.18. The van der Waals surface area contributed by atoms with Gasteiger partial charge in [0.2, 0.25) is 0 Å². The van der Waals surface area contributed by atoms with Crippen molar-refractivity contribution in [2.24, 2.45) is 0 Å². The van der Waals surface area contributed by atoms with Gasteiger partial charge in [-0.05, 0) is 6.07 Å². The van der Waals surface area contributed by atoms with Crippen LogP contribution in [-0.4, -0.2) is 23.1 Å². The molecule has 5 nitrogen and oxygen atoms in total. The maximum Gasteiger partial charge on any atom is 0.520 e. The highest BCUT2D eigenvalue weighted by molar-refractivity contribution is 6.43. The summed E-state index contributed by atoms with van der Waals surface area (Å²) in [5.41, 5.74) is 0.160. The van der Waals surface area contributed by atoms with E-state index in [9.17, 15) is 15.3 Å². The molecule has 0 spiro atoms. The number of rotatable bonds is 1. The minimum Gasteiger partial charge on any atom is -0.591 e. The normalized spacial score (nSPS) is 26.8. The Morgan fingerprint density at radius 2 is 2.00 bits per heavy atom. The topological polar surface area (TPSA) is 77.2 Å². The van der Waals surface area contributed by atoms with Crippen LogP contribution in [0.15, 0.2) is 24.3 Å². The summed E-state index contributed by atoms with van der Waals surface area (Å²) in [6.45, 7) is 3.60. The number of para-hydroxylation sites is 1. The summed E-state index contributed by atoms with van der Waals surface area (Å²) in [4.78, 5) is 5.08. The maximum absolute atomic E-state index is 11.7. The molecule has 0 aromatic heterocycles. The van der Waals surface area contributed by atoms with Crippen LogP contribution in [-0.2, 0) is 5.41 Å². The first kappa shape index (κ1) is 11.4. The van der Waals surface area contributed by atoms with Gasteiger partial charge in [0.05, 0.1) is 0 Å². The first-order valence-electron chi connectivity index (χ1n) is 5.12. The third-order valence-electron chi connectivity index (χ3n) is 3.12. The minimum absolute atomic E-state index is 0.495. The highest BCUT2D eigenvalue weighted by atomic mass is 16.9. The highest BCUT2D eigenvalue weighted by Gasteiger charge is 2.50. The molecule has 6 heteroatoms. The Morgan fingerprint density at radius 1 is 1.38 bits per heavy atom. The molecule has 3 N–H and O–H groups in total. The van der Waals surface area contributed by atoms with Crippen molar-refractivity contribution in [1.29, 1.82) is 0 Å². The van der Waals surface area contributed by atoms with Crippen molar-refractivity contribution in [3.8, 4) is 5.75 Å². The second kappa shape index (κ2) is 3.74. The zero-order chi connectivity index (χ0) is 11.9. The smallest absolute Gasteiger partial charge is 0.520 e. The van der Waals surface area contributed by atoms with Crippen molar-refractivity contribution < 1.29 is 20.1 Å². The van der Waals surface area contributed by atoms with E-state index in [0.717, 1.165) is 5.56 Å². The molecule has 0 amide bonds. The van der Waals surface area contributed by atoms with Gasteiger partial charge in [-0.1, -0.05) is 32.0 Å². The second-order valence-electron chi connectivity index (χ2n) is 4.53. The molecule has 16 heavy (non-hydrogen) atoms. The summed E-state index contributed by atoms with van der Waals surface area (Å²) in [6, 6.07) is 7.14. The molecule has 0 saturated heterocycles. The fourth-order valence-electron chi connectivity index (χ4n) is 2.22. The van der Waals surface area contributed by atoms with E-state index in [-0.39, 0.29) is 0 Å². The number of fused-ring (bicyclic) bond motifs is 1. The van der Waals surface area contributed by atoms with E-state index in [0.29, 0.717) is 5.75 Å². The lowest BCUT2D eigenvalue weighted by Gasteiger charge is -2.43. The molecule has 1 aromatic carbocycles. The molecule has 1 aliphatic rings. The summed E-state index contributed by atoms with van der Waals surface area (Å²) in [5, 5.41) is 29.6. The number of hydrogen-bond donors (Lipinski definition) is 3. The molecular formula is C10H14BNO4. The van der Waals surface area contributed by atoms with Crippen molar-refractivity contribution in [1.82, 2.24) is 0 Å². The maximum atomic E-state index is 11.7. The molecule has 1 aliphatic heterocycles. The third kappa shape index (κ3) is 1.60. The highest BCUT2D eigenvalue weighted by Crippen LogP contribution is 2.35. The van der Waals surface area contributed by atoms with Crippen LogP contribution in [0.2, 0.25) is 0 Å². The SMILES string of the molecule is CC1(C)c2ccccc2O[NH+]([O-])C1B(O)O. The zero-order valence-electron chi connectivity index (χ0n) is 9.18. The van der Waals surface area contributed by atoms with Gasteiger partial charge in [-0.15, -0.1) is 0 Å². The summed E-state index contributed by atoms with van der Waals surface area (Å²) in [6.07, 6.45) is 0. The molecule has 2 rings (SSSR count). The van der Waals surface area contributed by atoms with E-state index in [4.69, 9.17) is 4.84 Å². The molecule has 1 aromatic rings. The number of hydroxylamine groups is 2. The Hall–Kier alpha value is -1.08. The number of nitrogens with one attached hydrogen (secondary N) is 1. The predicted molar refractivity (Wildman–Crippen MR) is 58.4 cm³/mol. The van der Waals surface area contributed by atoms with E-state index in [2.05, 4.69) is 0 Å². The monoisotopic (exact) mass is 223 g/mol. The van der Waals surface area contributed by atoms with E-state index >= 15 is 0 Å². The molecule has 1 heterocycles. The Labute approximate surface area is 93.9 Å². The summed E-state index contributed by atoms with van der Waals surface area (Å²) in [5.74, 6) is -0.461. The molecule has 86 valence electrons. The minimum atomic E-state index is -1.71. The second-order valence-corrected chi connectivity index (χ2v) is 4.53. The molecule has 0 radical (unpaired) electrons. The predicted octanol–water partition coefficient (Wildman–Crippen LogP) is -0.965. The van der Waals surface area contributed by atoms with Gasteiger partial charge in [0.15, 0.2) is 11.7 Å².